The van der Waals surface area contributed by atoms with Gasteiger partial charge in [0.15, 0.2) is 15.6 Å². The zero-order valence-corrected chi connectivity index (χ0v) is 15.4. The number of amides is 3. The molecule has 1 heterocycles. The van der Waals surface area contributed by atoms with Gasteiger partial charge in [0.1, 0.15) is 11.5 Å². The molecule has 0 aliphatic heterocycles. The zero-order valence-electron chi connectivity index (χ0n) is 14.6. The summed E-state index contributed by atoms with van der Waals surface area (Å²) in [4.78, 5) is 23.3. The van der Waals surface area contributed by atoms with Crippen molar-refractivity contribution in [3.8, 4) is 0 Å². The lowest BCUT2D eigenvalue weighted by atomic mass is 10.2. The number of benzene rings is 2. The molecular weight excluding hydrogens is 382 g/mol. The number of hydrogen-bond acceptors (Lipinski definition) is 5. The van der Waals surface area contributed by atoms with Crippen molar-refractivity contribution in [2.24, 2.45) is 5.73 Å². The van der Waals surface area contributed by atoms with Crippen LogP contribution < -0.4 is 16.4 Å². The summed E-state index contributed by atoms with van der Waals surface area (Å²) in [6.45, 7) is 0. The number of carbonyl (C=O) groups excluding carboxylic acids is 2. The van der Waals surface area contributed by atoms with Crippen molar-refractivity contribution in [3.63, 3.8) is 0 Å². The SMILES string of the molecule is NC(=O)Nc1ccc(NC(=O)c2ccc(CS(=O)(=O)c3ccccc3)o2)cc1. The Morgan fingerprint density at radius 3 is 2.07 bits per heavy atom. The highest BCUT2D eigenvalue weighted by molar-refractivity contribution is 7.90. The molecule has 0 aliphatic carbocycles. The second-order valence-electron chi connectivity index (χ2n) is 5.86. The smallest absolute Gasteiger partial charge is 0.316 e. The van der Waals surface area contributed by atoms with Crippen molar-refractivity contribution in [2.45, 2.75) is 10.6 Å². The first kappa shape index (κ1) is 19.2. The molecular formula is C19H17N3O5S. The third kappa shape index (κ3) is 4.77. The van der Waals surface area contributed by atoms with E-state index in [1.54, 1.807) is 42.5 Å². The summed E-state index contributed by atoms with van der Waals surface area (Å²) in [5.41, 5.74) is 5.98. The first-order valence-electron chi connectivity index (χ1n) is 8.18. The molecule has 1 aromatic heterocycles. The second kappa shape index (κ2) is 7.97. The number of anilines is 2. The number of urea groups is 1. The zero-order chi connectivity index (χ0) is 20.1. The van der Waals surface area contributed by atoms with E-state index in [-0.39, 0.29) is 22.2 Å². The van der Waals surface area contributed by atoms with Gasteiger partial charge in [-0.3, -0.25) is 4.79 Å². The number of primary amides is 1. The van der Waals surface area contributed by atoms with Crippen molar-refractivity contribution < 1.29 is 22.4 Å². The molecule has 0 atom stereocenters. The van der Waals surface area contributed by atoms with Gasteiger partial charge >= 0.3 is 6.03 Å². The van der Waals surface area contributed by atoms with E-state index in [0.717, 1.165) is 0 Å². The molecule has 4 N–H and O–H groups in total. The van der Waals surface area contributed by atoms with Crippen molar-refractivity contribution in [1.29, 1.82) is 0 Å². The summed E-state index contributed by atoms with van der Waals surface area (Å²) in [7, 11) is -3.57. The fourth-order valence-electron chi connectivity index (χ4n) is 2.45. The minimum absolute atomic E-state index is 0.0161. The van der Waals surface area contributed by atoms with Crippen LogP contribution in [0.4, 0.5) is 16.2 Å². The van der Waals surface area contributed by atoms with E-state index in [1.807, 2.05) is 0 Å². The van der Waals surface area contributed by atoms with Gasteiger partial charge in [-0.15, -0.1) is 0 Å². The first-order chi connectivity index (χ1) is 13.3. The lowest BCUT2D eigenvalue weighted by molar-refractivity contribution is 0.0995. The van der Waals surface area contributed by atoms with E-state index in [0.29, 0.717) is 11.4 Å². The van der Waals surface area contributed by atoms with Gasteiger partial charge in [-0.25, -0.2) is 13.2 Å². The minimum Gasteiger partial charge on any atom is -0.455 e. The van der Waals surface area contributed by atoms with Crippen LogP contribution in [0, 0.1) is 0 Å². The highest BCUT2D eigenvalue weighted by Crippen LogP contribution is 2.19. The van der Waals surface area contributed by atoms with Crippen molar-refractivity contribution in [2.75, 3.05) is 10.6 Å². The summed E-state index contributed by atoms with van der Waals surface area (Å²) >= 11 is 0. The standard InChI is InChI=1S/C19H17N3O5S/c20-19(24)22-14-8-6-13(7-9-14)21-18(23)17-11-10-15(27-17)12-28(25,26)16-4-2-1-3-5-16/h1-11H,12H2,(H,21,23)(H3,20,22,24). The molecule has 0 aliphatic rings. The predicted molar refractivity (Wildman–Crippen MR) is 104 cm³/mol. The van der Waals surface area contributed by atoms with E-state index in [9.17, 15) is 18.0 Å². The average molecular weight is 399 g/mol. The lowest BCUT2D eigenvalue weighted by Gasteiger charge is -2.05. The number of carbonyl (C=O) groups is 2. The Morgan fingerprint density at radius 2 is 1.46 bits per heavy atom. The summed E-state index contributed by atoms with van der Waals surface area (Å²) in [5.74, 6) is -0.732. The molecule has 0 bridgehead atoms. The summed E-state index contributed by atoms with van der Waals surface area (Å²) < 4.78 is 30.1. The first-order valence-corrected chi connectivity index (χ1v) is 9.83. The topological polar surface area (TPSA) is 132 Å². The normalized spacial score (nSPS) is 11.0. The molecule has 0 saturated carbocycles. The molecule has 9 heteroatoms. The molecule has 28 heavy (non-hydrogen) atoms. The predicted octanol–water partition coefficient (Wildman–Crippen LogP) is 3.00. The molecule has 3 amide bonds. The molecule has 0 spiro atoms. The van der Waals surface area contributed by atoms with Crippen molar-refractivity contribution >= 4 is 33.2 Å². The summed E-state index contributed by atoms with van der Waals surface area (Å²) in [6.07, 6.45) is 0. The molecule has 0 saturated heterocycles. The highest BCUT2D eigenvalue weighted by atomic mass is 32.2. The Bertz CT molecular complexity index is 1090. The molecule has 0 radical (unpaired) electrons. The summed E-state index contributed by atoms with van der Waals surface area (Å²) in [6, 6.07) is 16.5. The van der Waals surface area contributed by atoms with Gasteiger partial charge in [-0.1, -0.05) is 18.2 Å². The fraction of sp³-hybridized carbons (Fsp3) is 0.0526. The lowest BCUT2D eigenvalue weighted by Crippen LogP contribution is -2.19. The summed E-state index contributed by atoms with van der Waals surface area (Å²) in [5, 5.41) is 5.03. The number of sulfone groups is 1. The molecule has 0 unspecified atom stereocenters. The largest absolute Gasteiger partial charge is 0.455 e. The Morgan fingerprint density at radius 1 is 0.857 bits per heavy atom. The minimum atomic E-state index is -3.57. The van der Waals surface area contributed by atoms with Crippen LogP contribution in [0.2, 0.25) is 0 Å². The van der Waals surface area contributed by atoms with Crippen molar-refractivity contribution in [1.82, 2.24) is 0 Å². The maximum atomic E-state index is 12.4. The highest BCUT2D eigenvalue weighted by Gasteiger charge is 2.19. The number of nitrogens with two attached hydrogens (primary N) is 1. The van der Waals surface area contributed by atoms with Crippen LogP contribution in [0.1, 0.15) is 16.3 Å². The quantitative estimate of drug-likeness (QED) is 0.586. The van der Waals surface area contributed by atoms with Crippen LogP contribution in [-0.2, 0) is 15.6 Å². The van der Waals surface area contributed by atoms with Crippen LogP contribution in [0.5, 0.6) is 0 Å². The van der Waals surface area contributed by atoms with Gasteiger partial charge in [0.25, 0.3) is 5.91 Å². The number of furan rings is 1. The fourth-order valence-corrected chi connectivity index (χ4v) is 3.72. The van der Waals surface area contributed by atoms with Crippen LogP contribution in [0.3, 0.4) is 0 Å². The van der Waals surface area contributed by atoms with Crippen LogP contribution in [0.25, 0.3) is 0 Å². The number of hydrogen-bond donors (Lipinski definition) is 3. The number of nitrogens with one attached hydrogen (secondary N) is 2. The third-order valence-corrected chi connectivity index (χ3v) is 5.39. The van der Waals surface area contributed by atoms with Crippen LogP contribution >= 0.6 is 0 Å². The van der Waals surface area contributed by atoms with Crippen LogP contribution in [0.15, 0.2) is 76.0 Å². The molecule has 8 nitrogen and oxygen atoms in total. The van der Waals surface area contributed by atoms with E-state index in [1.165, 1.54) is 24.3 Å². The number of rotatable bonds is 6. The maximum absolute atomic E-state index is 12.4. The molecule has 3 aromatic rings. The van der Waals surface area contributed by atoms with E-state index in [4.69, 9.17) is 10.2 Å². The second-order valence-corrected chi connectivity index (χ2v) is 7.85. The van der Waals surface area contributed by atoms with E-state index >= 15 is 0 Å². The van der Waals surface area contributed by atoms with E-state index < -0.39 is 21.8 Å². The molecule has 2 aromatic carbocycles. The van der Waals surface area contributed by atoms with Crippen LogP contribution in [-0.4, -0.2) is 20.4 Å². The average Bonchev–Trinajstić information content (AvgIpc) is 3.11. The Kier molecular flexibility index (Phi) is 5.46. The van der Waals surface area contributed by atoms with Gasteiger partial charge in [-0.05, 0) is 48.5 Å². The van der Waals surface area contributed by atoms with Gasteiger partial charge in [0.2, 0.25) is 0 Å². The van der Waals surface area contributed by atoms with Gasteiger partial charge in [0.05, 0.1) is 4.90 Å². The Balaban J connectivity index is 1.66. The van der Waals surface area contributed by atoms with E-state index in [2.05, 4.69) is 10.6 Å². The third-order valence-electron chi connectivity index (χ3n) is 3.73. The monoisotopic (exact) mass is 399 g/mol. The Hall–Kier alpha value is -3.59. The van der Waals surface area contributed by atoms with Crippen molar-refractivity contribution in [3.05, 3.63) is 78.3 Å². The van der Waals surface area contributed by atoms with Gasteiger partial charge in [0, 0.05) is 11.4 Å². The van der Waals surface area contributed by atoms with Gasteiger partial charge < -0.3 is 20.8 Å². The molecule has 0 fully saturated rings. The Labute approximate surface area is 161 Å². The maximum Gasteiger partial charge on any atom is 0.316 e. The van der Waals surface area contributed by atoms with Gasteiger partial charge in [-0.2, -0.15) is 0 Å². The molecule has 144 valence electrons. The molecule has 3 rings (SSSR count).